The number of nitrogens with one attached hydrogen (secondary N) is 1. The minimum absolute atomic E-state index is 0.504. The molecule has 1 aromatic carbocycles. The Balaban J connectivity index is 1.81. The van der Waals surface area contributed by atoms with E-state index >= 15 is 0 Å². The van der Waals surface area contributed by atoms with Crippen molar-refractivity contribution in [2.75, 3.05) is 17.4 Å². The molecule has 110 valence electrons. The summed E-state index contributed by atoms with van der Waals surface area (Å²) in [5.41, 5.74) is 5.17. The molecular formula is C16H21N5. The van der Waals surface area contributed by atoms with E-state index in [0.29, 0.717) is 11.7 Å². The number of rotatable bonds is 5. The second-order valence-corrected chi connectivity index (χ2v) is 5.73. The summed E-state index contributed by atoms with van der Waals surface area (Å²) in [7, 11) is 2.04. The van der Waals surface area contributed by atoms with Crippen molar-refractivity contribution < 1.29 is 0 Å². The van der Waals surface area contributed by atoms with Gasteiger partial charge in [-0.2, -0.15) is 0 Å². The normalized spacial score (nSPS) is 14.0. The summed E-state index contributed by atoms with van der Waals surface area (Å²) in [5, 5.41) is 0. The molecule has 1 aromatic heterocycles. The van der Waals surface area contributed by atoms with Crippen molar-refractivity contribution in [1.82, 2.24) is 9.97 Å². The highest BCUT2D eigenvalue weighted by atomic mass is 15.3. The van der Waals surface area contributed by atoms with Gasteiger partial charge in [-0.3, -0.25) is 0 Å². The molecule has 1 fully saturated rings. The molecule has 0 radical (unpaired) electrons. The number of aryl methyl sites for hydroxylation is 1. The van der Waals surface area contributed by atoms with Crippen LogP contribution in [0.1, 0.15) is 35.7 Å². The van der Waals surface area contributed by atoms with Crippen LogP contribution >= 0.6 is 0 Å². The number of anilines is 2. The number of nitrogen functional groups attached to an aromatic ring is 1. The van der Waals surface area contributed by atoms with E-state index in [-0.39, 0.29) is 0 Å². The molecule has 0 bridgehead atoms. The fourth-order valence-corrected chi connectivity index (χ4v) is 2.29. The molecule has 0 atom stereocenters. The third kappa shape index (κ3) is 3.31. The number of benzene rings is 1. The minimum Gasteiger partial charge on any atom is -0.355 e. The first-order chi connectivity index (χ1) is 10.2. The molecule has 21 heavy (non-hydrogen) atoms. The molecule has 1 saturated carbocycles. The lowest BCUT2D eigenvalue weighted by Gasteiger charge is -2.19. The third-order valence-electron chi connectivity index (χ3n) is 3.75. The van der Waals surface area contributed by atoms with Crippen molar-refractivity contribution in [3.8, 4) is 0 Å². The number of hydrogen-bond acceptors (Lipinski definition) is 5. The monoisotopic (exact) mass is 283 g/mol. The van der Waals surface area contributed by atoms with Crippen LogP contribution in [0.15, 0.2) is 30.3 Å². The number of aromatic nitrogens is 2. The summed E-state index contributed by atoms with van der Waals surface area (Å²) in [4.78, 5) is 11.2. The predicted octanol–water partition coefficient (Wildman–Crippen LogP) is 2.58. The molecule has 0 spiro atoms. The Labute approximate surface area is 125 Å². The Morgan fingerprint density at radius 3 is 2.57 bits per heavy atom. The van der Waals surface area contributed by atoms with Crippen LogP contribution in [0.4, 0.5) is 11.6 Å². The van der Waals surface area contributed by atoms with E-state index < -0.39 is 0 Å². The highest BCUT2D eigenvalue weighted by molar-refractivity contribution is 5.49. The van der Waals surface area contributed by atoms with Crippen LogP contribution in [0.3, 0.4) is 0 Å². The second-order valence-electron chi connectivity index (χ2n) is 5.73. The van der Waals surface area contributed by atoms with Gasteiger partial charge < -0.3 is 10.3 Å². The molecule has 1 aliphatic carbocycles. The fourth-order valence-electron chi connectivity index (χ4n) is 2.29. The van der Waals surface area contributed by atoms with E-state index in [1.807, 2.05) is 13.1 Å². The first kappa shape index (κ1) is 13.8. The van der Waals surface area contributed by atoms with Gasteiger partial charge in [0.15, 0.2) is 0 Å². The van der Waals surface area contributed by atoms with Gasteiger partial charge in [-0.1, -0.05) is 29.8 Å². The molecule has 3 rings (SSSR count). The van der Waals surface area contributed by atoms with Crippen molar-refractivity contribution in [3.63, 3.8) is 0 Å². The quantitative estimate of drug-likeness (QED) is 0.652. The van der Waals surface area contributed by atoms with Gasteiger partial charge in [-0.15, -0.1) is 0 Å². The molecule has 0 aliphatic heterocycles. The topological polar surface area (TPSA) is 67.1 Å². The van der Waals surface area contributed by atoms with Gasteiger partial charge in [0.25, 0.3) is 0 Å². The Bertz CT molecular complexity index is 619. The summed E-state index contributed by atoms with van der Waals surface area (Å²) in [6.45, 7) is 2.91. The van der Waals surface area contributed by atoms with E-state index in [2.05, 4.69) is 51.5 Å². The van der Waals surface area contributed by atoms with Crippen LogP contribution in [0.2, 0.25) is 0 Å². The Hall–Kier alpha value is -2.14. The molecule has 1 heterocycles. The van der Waals surface area contributed by atoms with Gasteiger partial charge in [0.05, 0.1) is 0 Å². The average Bonchev–Trinajstić information content (AvgIpc) is 3.34. The first-order valence-electron chi connectivity index (χ1n) is 7.28. The molecule has 3 N–H and O–H groups in total. The molecule has 5 heteroatoms. The largest absolute Gasteiger partial charge is 0.355 e. The van der Waals surface area contributed by atoms with Crippen molar-refractivity contribution in [2.24, 2.45) is 5.84 Å². The van der Waals surface area contributed by atoms with E-state index in [1.165, 1.54) is 24.0 Å². The molecule has 0 unspecified atom stereocenters. The zero-order valence-electron chi connectivity index (χ0n) is 12.5. The van der Waals surface area contributed by atoms with Gasteiger partial charge in [0.1, 0.15) is 17.5 Å². The third-order valence-corrected chi connectivity index (χ3v) is 3.75. The standard InChI is InChI=1S/C16H21N5/c1-11-3-5-12(6-4-11)10-21(2)15-9-14(20-17)18-16(19-15)13-7-8-13/h3-6,9,13H,7-8,10,17H2,1-2H3,(H,18,19,20). The van der Waals surface area contributed by atoms with Crippen LogP contribution in [0.25, 0.3) is 0 Å². The van der Waals surface area contributed by atoms with Gasteiger partial charge in [0.2, 0.25) is 0 Å². The highest BCUT2D eigenvalue weighted by Crippen LogP contribution is 2.39. The lowest BCUT2D eigenvalue weighted by molar-refractivity contribution is 0.854. The van der Waals surface area contributed by atoms with E-state index in [4.69, 9.17) is 5.84 Å². The van der Waals surface area contributed by atoms with Crippen LogP contribution in [0, 0.1) is 6.92 Å². The SMILES string of the molecule is Cc1ccc(CN(C)c2cc(NN)nc(C3CC3)n2)cc1. The Morgan fingerprint density at radius 1 is 1.24 bits per heavy atom. The van der Waals surface area contributed by atoms with Crippen LogP contribution in [-0.4, -0.2) is 17.0 Å². The van der Waals surface area contributed by atoms with Gasteiger partial charge in [-0.05, 0) is 25.3 Å². The van der Waals surface area contributed by atoms with Crippen molar-refractivity contribution in [2.45, 2.75) is 32.2 Å². The molecule has 2 aromatic rings. The minimum atomic E-state index is 0.504. The van der Waals surface area contributed by atoms with Gasteiger partial charge >= 0.3 is 0 Å². The number of nitrogens with two attached hydrogens (primary N) is 1. The lowest BCUT2D eigenvalue weighted by atomic mass is 10.1. The smallest absolute Gasteiger partial charge is 0.145 e. The second kappa shape index (κ2) is 5.69. The van der Waals surface area contributed by atoms with E-state index in [1.54, 1.807) is 0 Å². The maximum Gasteiger partial charge on any atom is 0.145 e. The number of nitrogens with zero attached hydrogens (tertiary/aromatic N) is 3. The maximum atomic E-state index is 5.52. The summed E-state index contributed by atoms with van der Waals surface area (Å²) in [6.07, 6.45) is 2.35. The van der Waals surface area contributed by atoms with Crippen molar-refractivity contribution in [3.05, 3.63) is 47.3 Å². The van der Waals surface area contributed by atoms with Gasteiger partial charge in [0, 0.05) is 25.6 Å². The summed E-state index contributed by atoms with van der Waals surface area (Å²) >= 11 is 0. The Morgan fingerprint density at radius 2 is 1.95 bits per heavy atom. The Kier molecular flexibility index (Phi) is 3.75. The lowest BCUT2D eigenvalue weighted by Crippen LogP contribution is -2.20. The van der Waals surface area contributed by atoms with Crippen LogP contribution in [0.5, 0.6) is 0 Å². The highest BCUT2D eigenvalue weighted by Gasteiger charge is 2.27. The molecule has 0 saturated heterocycles. The fraction of sp³-hybridized carbons (Fsp3) is 0.375. The molecule has 5 nitrogen and oxygen atoms in total. The first-order valence-corrected chi connectivity index (χ1v) is 7.28. The average molecular weight is 283 g/mol. The predicted molar refractivity (Wildman–Crippen MR) is 85.1 cm³/mol. The maximum absolute atomic E-state index is 5.52. The molecule has 1 aliphatic rings. The molecule has 0 amide bonds. The zero-order valence-corrected chi connectivity index (χ0v) is 12.5. The van der Waals surface area contributed by atoms with E-state index in [9.17, 15) is 0 Å². The number of hydrazine groups is 1. The van der Waals surface area contributed by atoms with Crippen LogP contribution in [-0.2, 0) is 6.54 Å². The summed E-state index contributed by atoms with van der Waals surface area (Å²) in [6, 6.07) is 10.4. The van der Waals surface area contributed by atoms with Gasteiger partial charge in [-0.25, -0.2) is 15.8 Å². The summed E-state index contributed by atoms with van der Waals surface area (Å²) < 4.78 is 0. The van der Waals surface area contributed by atoms with Crippen molar-refractivity contribution >= 4 is 11.6 Å². The zero-order chi connectivity index (χ0) is 14.8. The van der Waals surface area contributed by atoms with Crippen molar-refractivity contribution in [1.29, 1.82) is 0 Å². The number of hydrogen-bond donors (Lipinski definition) is 2. The summed E-state index contributed by atoms with van der Waals surface area (Å²) in [5.74, 6) is 8.50. The van der Waals surface area contributed by atoms with E-state index in [0.717, 1.165) is 18.2 Å². The molecular weight excluding hydrogens is 262 g/mol. The van der Waals surface area contributed by atoms with Crippen LogP contribution < -0.4 is 16.2 Å².